The van der Waals surface area contributed by atoms with Gasteiger partial charge in [0.1, 0.15) is 6.10 Å². The second-order valence-electron chi connectivity index (χ2n) is 9.10. The molecule has 3 heterocycles. The van der Waals surface area contributed by atoms with E-state index in [1.54, 1.807) is 31.2 Å². The van der Waals surface area contributed by atoms with Crippen LogP contribution in [0.15, 0.2) is 42.5 Å². The first-order valence-corrected chi connectivity index (χ1v) is 11.2. The van der Waals surface area contributed by atoms with E-state index in [0.29, 0.717) is 23.6 Å². The Morgan fingerprint density at radius 1 is 1.31 bits per heavy atom. The molecule has 1 N–H and O–H groups in total. The van der Waals surface area contributed by atoms with Gasteiger partial charge in [0, 0.05) is 29.0 Å². The van der Waals surface area contributed by atoms with E-state index in [0.717, 1.165) is 24.9 Å². The van der Waals surface area contributed by atoms with Crippen molar-refractivity contribution in [1.29, 1.82) is 0 Å². The molecule has 2 aliphatic carbocycles. The first kappa shape index (κ1) is 19.6. The fourth-order valence-corrected chi connectivity index (χ4v) is 6.26. The molecule has 1 saturated heterocycles. The van der Waals surface area contributed by atoms with Gasteiger partial charge in [-0.3, -0.25) is 0 Å². The summed E-state index contributed by atoms with van der Waals surface area (Å²) >= 11 is 0. The lowest BCUT2D eigenvalue weighted by Gasteiger charge is -2.56. The summed E-state index contributed by atoms with van der Waals surface area (Å²) in [7, 11) is 2.19. The van der Waals surface area contributed by atoms with Crippen LogP contribution in [0.25, 0.3) is 0 Å². The van der Waals surface area contributed by atoms with Crippen LogP contribution >= 0.6 is 0 Å². The van der Waals surface area contributed by atoms with Gasteiger partial charge in [-0.15, -0.1) is 0 Å². The van der Waals surface area contributed by atoms with Gasteiger partial charge in [0.25, 0.3) is 0 Å². The van der Waals surface area contributed by atoms with E-state index in [2.05, 4.69) is 29.1 Å². The molecule has 1 aromatic carbocycles. The normalized spacial score (nSPS) is 31.6. The van der Waals surface area contributed by atoms with Gasteiger partial charge >= 0.3 is 5.97 Å². The average molecular weight is 434 g/mol. The molecule has 32 heavy (non-hydrogen) atoms. The van der Waals surface area contributed by atoms with Gasteiger partial charge in [-0.25, -0.2) is 9.78 Å². The number of benzene rings is 1. The number of carbonyl (C=O) groups is 1. The van der Waals surface area contributed by atoms with Crippen LogP contribution in [0, 0.1) is 5.92 Å². The molecule has 0 saturated carbocycles. The van der Waals surface area contributed by atoms with Gasteiger partial charge in [-0.1, -0.05) is 18.2 Å². The minimum Gasteiger partial charge on any atom is -0.504 e. The second kappa shape index (κ2) is 6.97. The molecule has 0 radical (unpaired) electrons. The Labute approximate surface area is 186 Å². The van der Waals surface area contributed by atoms with Crippen LogP contribution in [0.5, 0.6) is 17.4 Å². The summed E-state index contributed by atoms with van der Waals surface area (Å²) in [6.07, 6.45) is 5.54. The predicted molar refractivity (Wildman–Crippen MR) is 116 cm³/mol. The van der Waals surface area contributed by atoms with Gasteiger partial charge in [0.05, 0.1) is 6.61 Å². The highest BCUT2D eigenvalue weighted by molar-refractivity contribution is 5.87. The SMILES string of the molecule is CCOC(=O)c1cccc(O[C@H]2C=C[C@H]3[C@H]4Cc5ccc(O)c6c5[C@@]3(CCN4C)[C@H]2O6)n1. The third-order valence-electron chi connectivity index (χ3n) is 7.60. The third-order valence-corrected chi connectivity index (χ3v) is 7.60. The van der Waals surface area contributed by atoms with E-state index in [1.165, 1.54) is 5.56 Å². The minimum absolute atomic E-state index is 0.185. The Balaban J connectivity index is 1.40. The molecule has 2 bridgehead atoms. The molecule has 7 heteroatoms. The minimum atomic E-state index is -0.472. The summed E-state index contributed by atoms with van der Waals surface area (Å²) in [5.74, 6) is 0.959. The Morgan fingerprint density at radius 2 is 2.19 bits per heavy atom. The van der Waals surface area contributed by atoms with Gasteiger partial charge in [-0.2, -0.15) is 0 Å². The molecule has 6 rings (SSSR count). The highest BCUT2D eigenvalue weighted by atomic mass is 16.6. The molecule has 1 aromatic heterocycles. The first-order valence-electron chi connectivity index (χ1n) is 11.2. The lowest BCUT2D eigenvalue weighted by Crippen LogP contribution is -2.65. The van der Waals surface area contributed by atoms with Crippen molar-refractivity contribution in [3.05, 3.63) is 59.3 Å². The molecular weight excluding hydrogens is 408 g/mol. The van der Waals surface area contributed by atoms with Crippen LogP contribution in [0.2, 0.25) is 0 Å². The highest BCUT2D eigenvalue weighted by Gasteiger charge is 2.64. The highest BCUT2D eigenvalue weighted by Crippen LogP contribution is 2.62. The Hall–Kier alpha value is -3.06. The van der Waals surface area contributed by atoms with Crippen LogP contribution in [-0.2, 0) is 16.6 Å². The van der Waals surface area contributed by atoms with Crippen molar-refractivity contribution in [3.63, 3.8) is 0 Å². The van der Waals surface area contributed by atoms with Gasteiger partial charge < -0.3 is 24.2 Å². The predicted octanol–water partition coefficient (Wildman–Crippen LogP) is 2.86. The average Bonchev–Trinajstić information content (AvgIpc) is 3.15. The number of pyridine rings is 1. The summed E-state index contributed by atoms with van der Waals surface area (Å²) in [4.78, 5) is 18.9. The van der Waals surface area contributed by atoms with E-state index in [1.807, 2.05) is 6.07 Å². The summed E-state index contributed by atoms with van der Waals surface area (Å²) < 4.78 is 17.9. The molecular formula is C25H26N2O5. The Kier molecular flexibility index (Phi) is 4.27. The number of aromatic hydroxyl groups is 1. The fourth-order valence-electron chi connectivity index (χ4n) is 6.26. The summed E-state index contributed by atoms with van der Waals surface area (Å²) in [5.41, 5.74) is 2.39. The standard InChI is InChI=1S/C25H26N2O5/c1-3-30-24(29)16-5-4-6-20(26-16)31-19-10-8-15-17-13-14-7-9-18(28)22-21(14)25(15,23(19)32-22)11-12-27(17)2/h4-10,15,17,19,23,28H,3,11-13H2,1-2H3/t15-,17+,19-,23-,25-/m0/s1. The number of hydrogen-bond acceptors (Lipinski definition) is 7. The Morgan fingerprint density at radius 3 is 3.03 bits per heavy atom. The molecule has 0 unspecified atom stereocenters. The van der Waals surface area contributed by atoms with Crippen molar-refractivity contribution in [2.24, 2.45) is 5.92 Å². The molecule has 7 nitrogen and oxygen atoms in total. The molecule has 166 valence electrons. The zero-order valence-electron chi connectivity index (χ0n) is 18.2. The maximum Gasteiger partial charge on any atom is 0.357 e. The summed E-state index contributed by atoms with van der Waals surface area (Å²) in [6, 6.07) is 9.27. The second-order valence-corrected chi connectivity index (χ2v) is 9.10. The lowest BCUT2D eigenvalue weighted by atomic mass is 9.53. The number of carbonyl (C=O) groups excluding carboxylic acids is 1. The number of ether oxygens (including phenoxy) is 3. The smallest absolute Gasteiger partial charge is 0.357 e. The van der Waals surface area contributed by atoms with Gasteiger partial charge in [0.15, 0.2) is 23.3 Å². The maximum atomic E-state index is 12.1. The number of phenolic OH excluding ortho intramolecular Hbond substituents is 1. The van der Waals surface area contributed by atoms with E-state index in [9.17, 15) is 9.90 Å². The van der Waals surface area contributed by atoms with Crippen molar-refractivity contribution in [2.75, 3.05) is 20.2 Å². The molecule has 1 spiro atoms. The van der Waals surface area contributed by atoms with Crippen molar-refractivity contribution < 1.29 is 24.1 Å². The molecule has 2 aliphatic heterocycles. The lowest BCUT2D eigenvalue weighted by molar-refractivity contribution is -0.0392. The molecule has 4 aliphatic rings. The van der Waals surface area contributed by atoms with Crippen LogP contribution in [0.1, 0.15) is 35.0 Å². The summed E-state index contributed by atoms with van der Waals surface area (Å²) in [6.45, 7) is 3.02. The van der Waals surface area contributed by atoms with Crippen molar-refractivity contribution >= 4 is 5.97 Å². The number of likely N-dealkylation sites (N-methyl/N-ethyl adjacent to an activating group) is 1. The van der Waals surface area contributed by atoms with E-state index < -0.39 is 12.1 Å². The monoisotopic (exact) mass is 434 g/mol. The van der Waals surface area contributed by atoms with Crippen molar-refractivity contribution in [1.82, 2.24) is 9.88 Å². The number of phenols is 1. The van der Waals surface area contributed by atoms with E-state index in [-0.39, 0.29) is 29.6 Å². The number of likely N-dealkylation sites (tertiary alicyclic amines) is 1. The molecule has 1 fully saturated rings. The number of hydrogen-bond donors (Lipinski definition) is 1. The van der Waals surface area contributed by atoms with E-state index in [4.69, 9.17) is 14.2 Å². The van der Waals surface area contributed by atoms with Gasteiger partial charge in [0.2, 0.25) is 5.88 Å². The summed E-state index contributed by atoms with van der Waals surface area (Å²) in [5, 5.41) is 10.6. The zero-order chi connectivity index (χ0) is 22.0. The zero-order valence-corrected chi connectivity index (χ0v) is 18.2. The van der Waals surface area contributed by atoms with E-state index >= 15 is 0 Å². The largest absolute Gasteiger partial charge is 0.504 e. The van der Waals surface area contributed by atoms with Crippen LogP contribution in [-0.4, -0.2) is 59.4 Å². The Bertz CT molecular complexity index is 1130. The van der Waals surface area contributed by atoms with Crippen LogP contribution in [0.3, 0.4) is 0 Å². The van der Waals surface area contributed by atoms with Crippen LogP contribution in [0.4, 0.5) is 0 Å². The topological polar surface area (TPSA) is 81.1 Å². The van der Waals surface area contributed by atoms with Gasteiger partial charge in [-0.05, 0) is 57.1 Å². The number of piperidine rings is 1. The number of rotatable bonds is 4. The molecule has 5 atom stereocenters. The van der Waals surface area contributed by atoms with Crippen molar-refractivity contribution in [3.8, 4) is 17.4 Å². The fraction of sp³-hybridized carbons (Fsp3) is 0.440. The number of nitrogens with zero attached hydrogens (tertiary/aromatic N) is 2. The maximum absolute atomic E-state index is 12.1. The quantitative estimate of drug-likeness (QED) is 0.585. The van der Waals surface area contributed by atoms with Crippen molar-refractivity contribution in [2.45, 2.75) is 43.4 Å². The third kappa shape index (κ3) is 2.57. The van der Waals surface area contributed by atoms with Crippen LogP contribution < -0.4 is 9.47 Å². The first-order chi connectivity index (χ1) is 15.5. The number of aromatic nitrogens is 1. The molecule has 2 aromatic rings. The molecule has 0 amide bonds. The number of esters is 1.